The summed E-state index contributed by atoms with van der Waals surface area (Å²) < 4.78 is 12.8. The zero-order valence-corrected chi connectivity index (χ0v) is 12.8. The van der Waals surface area contributed by atoms with Crippen LogP contribution in [0.25, 0.3) is 0 Å². The second kappa shape index (κ2) is 6.62. The topological polar surface area (TPSA) is 66.5 Å². The normalized spacial score (nSPS) is 13.1. The van der Waals surface area contributed by atoms with E-state index in [1.807, 2.05) is 0 Å². The summed E-state index contributed by atoms with van der Waals surface area (Å²) in [6.07, 6.45) is 0.517. The first-order valence-corrected chi connectivity index (χ1v) is 7.57. The number of carbonyl (C=O) groups excluding carboxylic acids is 3. The van der Waals surface area contributed by atoms with Gasteiger partial charge in [0, 0.05) is 18.7 Å². The fourth-order valence-corrected chi connectivity index (χ4v) is 2.60. The van der Waals surface area contributed by atoms with Crippen molar-refractivity contribution in [2.75, 3.05) is 11.9 Å². The number of rotatable bonds is 5. The fourth-order valence-electron chi connectivity index (χ4n) is 2.60. The zero-order chi connectivity index (χ0) is 17.1. The quantitative estimate of drug-likeness (QED) is 0.859. The second-order valence-electron chi connectivity index (χ2n) is 5.47. The van der Waals surface area contributed by atoms with Gasteiger partial charge in [-0.05, 0) is 42.8 Å². The van der Waals surface area contributed by atoms with E-state index in [9.17, 15) is 18.8 Å². The average Bonchev–Trinajstić information content (AvgIpc) is 2.82. The van der Waals surface area contributed by atoms with Gasteiger partial charge in [0.2, 0.25) is 5.91 Å². The van der Waals surface area contributed by atoms with Gasteiger partial charge in [-0.3, -0.25) is 19.3 Å². The molecule has 0 radical (unpaired) electrons. The highest BCUT2D eigenvalue weighted by molar-refractivity contribution is 6.21. The highest BCUT2D eigenvalue weighted by atomic mass is 19.1. The number of nitrogens with zero attached hydrogens (tertiary/aromatic N) is 1. The molecule has 3 amide bonds. The molecule has 122 valence electrons. The maximum atomic E-state index is 12.8. The van der Waals surface area contributed by atoms with Crippen LogP contribution in [0.4, 0.5) is 10.1 Å². The first-order chi connectivity index (χ1) is 11.6. The molecule has 0 saturated heterocycles. The number of nitrogens with one attached hydrogen (secondary N) is 1. The third-order valence-corrected chi connectivity index (χ3v) is 3.79. The van der Waals surface area contributed by atoms with Crippen LogP contribution >= 0.6 is 0 Å². The summed E-state index contributed by atoms with van der Waals surface area (Å²) in [5, 5.41) is 2.64. The summed E-state index contributed by atoms with van der Waals surface area (Å²) in [5.41, 5.74) is 1.30. The van der Waals surface area contributed by atoms with Gasteiger partial charge in [-0.25, -0.2) is 4.39 Å². The first kappa shape index (κ1) is 15.9. The summed E-state index contributed by atoms with van der Waals surface area (Å²) >= 11 is 0. The smallest absolute Gasteiger partial charge is 0.261 e. The van der Waals surface area contributed by atoms with Gasteiger partial charge in [0.25, 0.3) is 11.8 Å². The third-order valence-electron chi connectivity index (χ3n) is 3.79. The number of halogens is 1. The van der Waals surface area contributed by atoms with E-state index in [4.69, 9.17) is 0 Å². The van der Waals surface area contributed by atoms with Gasteiger partial charge in [-0.15, -0.1) is 0 Å². The molecule has 24 heavy (non-hydrogen) atoms. The minimum Gasteiger partial charge on any atom is -0.326 e. The molecule has 2 aromatic carbocycles. The Morgan fingerprint density at radius 2 is 1.54 bits per heavy atom. The van der Waals surface area contributed by atoms with Crippen LogP contribution in [0.3, 0.4) is 0 Å². The largest absolute Gasteiger partial charge is 0.326 e. The SMILES string of the molecule is O=C(CCCN1C(=O)c2ccccc2C1=O)Nc1ccc(F)cc1. The Bertz CT molecular complexity index is 767. The minimum absolute atomic E-state index is 0.158. The zero-order valence-electron chi connectivity index (χ0n) is 12.8. The summed E-state index contributed by atoms with van der Waals surface area (Å²) in [6.45, 7) is 0.184. The maximum Gasteiger partial charge on any atom is 0.261 e. The van der Waals surface area contributed by atoms with Crippen LogP contribution in [0.5, 0.6) is 0 Å². The lowest BCUT2D eigenvalue weighted by Gasteiger charge is -2.13. The Morgan fingerprint density at radius 3 is 2.12 bits per heavy atom. The maximum absolute atomic E-state index is 12.8. The molecule has 0 spiro atoms. The number of amides is 3. The van der Waals surface area contributed by atoms with Crippen molar-refractivity contribution < 1.29 is 18.8 Å². The van der Waals surface area contributed by atoms with Gasteiger partial charge in [-0.2, -0.15) is 0 Å². The average molecular weight is 326 g/mol. The van der Waals surface area contributed by atoms with E-state index in [2.05, 4.69) is 5.32 Å². The van der Waals surface area contributed by atoms with Crippen LogP contribution in [0.15, 0.2) is 48.5 Å². The monoisotopic (exact) mass is 326 g/mol. The predicted molar refractivity (Wildman–Crippen MR) is 86.1 cm³/mol. The molecule has 0 bridgehead atoms. The van der Waals surface area contributed by atoms with Crippen LogP contribution in [-0.2, 0) is 4.79 Å². The Hall–Kier alpha value is -3.02. The van der Waals surface area contributed by atoms with E-state index < -0.39 is 0 Å². The molecule has 5 nitrogen and oxygen atoms in total. The van der Waals surface area contributed by atoms with Crippen molar-refractivity contribution in [3.05, 3.63) is 65.5 Å². The number of anilines is 1. The Morgan fingerprint density at radius 1 is 0.958 bits per heavy atom. The molecule has 0 saturated carbocycles. The summed E-state index contributed by atoms with van der Waals surface area (Å²) in [6, 6.07) is 12.1. The molecule has 1 N–H and O–H groups in total. The second-order valence-corrected chi connectivity index (χ2v) is 5.47. The van der Waals surface area contributed by atoms with Crippen LogP contribution in [-0.4, -0.2) is 29.2 Å². The van der Waals surface area contributed by atoms with Crippen LogP contribution in [0.1, 0.15) is 33.6 Å². The highest BCUT2D eigenvalue weighted by Gasteiger charge is 2.34. The van der Waals surface area contributed by atoms with Crippen LogP contribution in [0, 0.1) is 5.82 Å². The van der Waals surface area contributed by atoms with Crippen molar-refractivity contribution >= 4 is 23.4 Å². The summed E-state index contributed by atoms with van der Waals surface area (Å²) in [4.78, 5) is 37.4. The summed E-state index contributed by atoms with van der Waals surface area (Å²) in [5.74, 6) is -1.28. The molecule has 3 rings (SSSR count). The van der Waals surface area contributed by atoms with Crippen LogP contribution < -0.4 is 5.32 Å². The van der Waals surface area contributed by atoms with Gasteiger partial charge in [0.05, 0.1) is 11.1 Å². The number of carbonyl (C=O) groups is 3. The van der Waals surface area contributed by atoms with Gasteiger partial charge in [0.1, 0.15) is 5.82 Å². The lowest BCUT2D eigenvalue weighted by atomic mass is 10.1. The molecule has 1 aliphatic heterocycles. The highest BCUT2D eigenvalue weighted by Crippen LogP contribution is 2.22. The molecule has 6 heteroatoms. The lowest BCUT2D eigenvalue weighted by Crippen LogP contribution is -2.31. The number of imide groups is 1. The minimum atomic E-state index is -0.376. The number of benzene rings is 2. The molecule has 0 atom stereocenters. The van der Waals surface area contributed by atoms with Crippen molar-refractivity contribution in [1.29, 1.82) is 0 Å². The Balaban J connectivity index is 1.52. The molecular weight excluding hydrogens is 311 g/mol. The Labute approximate surface area is 138 Å². The third kappa shape index (κ3) is 3.17. The fraction of sp³-hybridized carbons (Fsp3) is 0.167. The van der Waals surface area contributed by atoms with E-state index in [1.54, 1.807) is 24.3 Å². The van der Waals surface area contributed by atoms with E-state index >= 15 is 0 Å². The molecule has 0 aliphatic carbocycles. The van der Waals surface area contributed by atoms with Crippen molar-refractivity contribution in [2.45, 2.75) is 12.8 Å². The Kier molecular flexibility index (Phi) is 4.37. The van der Waals surface area contributed by atoms with E-state index in [-0.39, 0.29) is 36.5 Å². The van der Waals surface area contributed by atoms with Crippen LogP contribution in [0.2, 0.25) is 0 Å². The molecule has 2 aromatic rings. The predicted octanol–water partition coefficient (Wildman–Crippen LogP) is 2.84. The number of fused-ring (bicyclic) bond motifs is 1. The molecule has 1 heterocycles. The molecule has 0 aromatic heterocycles. The number of hydrogen-bond donors (Lipinski definition) is 1. The van der Waals surface area contributed by atoms with E-state index in [0.717, 1.165) is 4.90 Å². The van der Waals surface area contributed by atoms with E-state index in [0.29, 0.717) is 23.2 Å². The van der Waals surface area contributed by atoms with Gasteiger partial charge >= 0.3 is 0 Å². The van der Waals surface area contributed by atoms with Gasteiger partial charge < -0.3 is 5.32 Å². The molecule has 0 fully saturated rings. The summed E-state index contributed by atoms with van der Waals surface area (Å²) in [7, 11) is 0. The first-order valence-electron chi connectivity index (χ1n) is 7.57. The van der Waals surface area contributed by atoms with Crippen molar-refractivity contribution in [3.63, 3.8) is 0 Å². The standard InChI is InChI=1S/C18H15FN2O3/c19-12-7-9-13(10-8-12)20-16(22)6-3-11-21-17(23)14-4-1-2-5-15(14)18(21)24/h1-2,4-5,7-10H,3,6,11H2,(H,20,22). The van der Waals surface area contributed by atoms with Crippen molar-refractivity contribution in [3.8, 4) is 0 Å². The lowest BCUT2D eigenvalue weighted by molar-refractivity contribution is -0.116. The molecule has 0 unspecified atom stereocenters. The van der Waals surface area contributed by atoms with E-state index in [1.165, 1.54) is 24.3 Å². The molecule has 1 aliphatic rings. The van der Waals surface area contributed by atoms with Crippen molar-refractivity contribution in [1.82, 2.24) is 4.90 Å². The van der Waals surface area contributed by atoms with Gasteiger partial charge in [0.15, 0.2) is 0 Å². The van der Waals surface area contributed by atoms with Crippen molar-refractivity contribution in [2.24, 2.45) is 0 Å². The molecular formula is C18H15FN2O3. The van der Waals surface area contributed by atoms with Gasteiger partial charge in [-0.1, -0.05) is 12.1 Å². The number of hydrogen-bond acceptors (Lipinski definition) is 3.